The van der Waals surface area contributed by atoms with E-state index in [0.717, 1.165) is 23.3 Å². The molecule has 10 nitrogen and oxygen atoms in total. The number of fused-ring (bicyclic) bond motifs is 1. The van der Waals surface area contributed by atoms with Crippen LogP contribution in [0.3, 0.4) is 0 Å². The molecule has 7 atom stereocenters. The molecule has 2 aliphatic heterocycles. The van der Waals surface area contributed by atoms with Gasteiger partial charge in [0.15, 0.2) is 29.8 Å². The van der Waals surface area contributed by atoms with E-state index in [2.05, 4.69) is 5.10 Å². The van der Waals surface area contributed by atoms with E-state index in [4.69, 9.17) is 34.5 Å². The van der Waals surface area contributed by atoms with Crippen molar-refractivity contribution in [2.45, 2.75) is 49.5 Å². The Hall–Kier alpha value is -4.14. The van der Waals surface area contributed by atoms with Crippen molar-refractivity contribution in [3.05, 3.63) is 107 Å². The number of hydrazone groups is 1. The fourth-order valence-electron chi connectivity index (χ4n) is 5.46. The first-order chi connectivity index (χ1) is 22.2. The van der Waals surface area contributed by atoms with Crippen LogP contribution in [0.1, 0.15) is 23.0 Å². The van der Waals surface area contributed by atoms with Crippen molar-refractivity contribution in [2.24, 2.45) is 15.9 Å². The maximum absolute atomic E-state index is 14.1. The number of nitrogens with zero attached hydrogens (tertiary/aromatic N) is 3. The van der Waals surface area contributed by atoms with Crippen LogP contribution < -0.4 is 5.84 Å². The summed E-state index contributed by atoms with van der Waals surface area (Å²) in [5.41, 5.74) is 1.32. The van der Waals surface area contributed by atoms with Gasteiger partial charge in [-0.2, -0.15) is 5.10 Å². The second kappa shape index (κ2) is 15.0. The number of hydrogen-bond acceptors (Lipinski definition) is 9. The first kappa shape index (κ1) is 33.2. The van der Waals surface area contributed by atoms with E-state index >= 15 is 0 Å². The maximum atomic E-state index is 14.1. The number of likely N-dealkylation sites (N-methyl/N-ethyl adjacent to an activating group) is 1. The number of benzene rings is 3. The highest BCUT2D eigenvalue weighted by Gasteiger charge is 2.54. The Labute approximate surface area is 264 Å². The quantitative estimate of drug-likeness (QED) is 0.155. The first-order valence-corrected chi connectivity index (χ1v) is 14.5. The van der Waals surface area contributed by atoms with Gasteiger partial charge < -0.3 is 34.4 Å². The van der Waals surface area contributed by atoms with Gasteiger partial charge >= 0.3 is 0 Å². The van der Waals surface area contributed by atoms with Gasteiger partial charge in [-0.15, -0.1) is 0 Å². The third-order valence-electron chi connectivity index (χ3n) is 7.77. The summed E-state index contributed by atoms with van der Waals surface area (Å²) >= 11 is 0. The van der Waals surface area contributed by atoms with E-state index in [1.54, 1.807) is 14.1 Å². The Morgan fingerprint density at radius 1 is 1.04 bits per heavy atom. The lowest BCUT2D eigenvalue weighted by molar-refractivity contribution is -0.316. The van der Waals surface area contributed by atoms with Gasteiger partial charge in [0.1, 0.15) is 36.2 Å². The van der Waals surface area contributed by atoms with Crippen molar-refractivity contribution in [3.8, 4) is 0 Å². The lowest BCUT2D eigenvalue weighted by atomic mass is 9.89. The molecule has 2 N–H and O–H groups in total. The molecule has 3 aromatic carbocycles. The van der Waals surface area contributed by atoms with Crippen molar-refractivity contribution in [2.75, 3.05) is 27.8 Å². The average Bonchev–Trinajstić information content (AvgIpc) is 3.07. The zero-order valence-electron chi connectivity index (χ0n) is 25.5. The monoisotopic (exact) mass is 640 g/mol. The van der Waals surface area contributed by atoms with Gasteiger partial charge in [0.25, 0.3) is 5.91 Å². The summed E-state index contributed by atoms with van der Waals surface area (Å²) in [7, 11) is 4.65. The van der Waals surface area contributed by atoms with Crippen molar-refractivity contribution >= 4 is 17.8 Å². The average molecular weight is 641 g/mol. The molecule has 13 heteroatoms. The Balaban J connectivity index is 1.51. The number of nitrogens with two attached hydrogens (primary N) is 1. The SMILES string of the molecule is COC1C(N=CC(=NN)c2cc(F)c(F)c(F)c2)C2OC(c3ccccc3)OCC2OC1[C@H](OCc1ccccc1)C(=O)N(C)C. The molecule has 0 radical (unpaired) electrons. The van der Waals surface area contributed by atoms with E-state index in [0.29, 0.717) is 0 Å². The number of hydrogen-bond donors (Lipinski definition) is 1. The van der Waals surface area contributed by atoms with Gasteiger partial charge in [-0.25, -0.2) is 13.2 Å². The number of halogens is 3. The summed E-state index contributed by atoms with van der Waals surface area (Å²) in [4.78, 5) is 19.6. The highest BCUT2D eigenvalue weighted by atomic mass is 19.2. The number of amides is 1. The number of ether oxygens (including phenoxy) is 5. The molecule has 5 rings (SSSR count). The smallest absolute Gasteiger partial charge is 0.254 e. The standard InChI is InChI=1S/C33H35F3N4O6/c1-40(2)32(41)31(43-17-19-10-6-4-7-11-19)30-29(42-3)27(38-16-24(39-37)21-14-22(34)26(36)23(35)15-21)28-25(45-30)18-44-33(46-28)20-12-8-5-9-13-20/h4-16,25,27-31,33H,17-18,37H2,1-3H3/t25?,27?,28?,29?,30?,31-,33?/m0/s1. The number of methoxy groups -OCH3 is 1. The van der Waals surface area contributed by atoms with Crippen molar-refractivity contribution < 1.29 is 41.7 Å². The fraction of sp³-hybridized carbons (Fsp3) is 0.364. The molecule has 0 bridgehead atoms. The van der Waals surface area contributed by atoms with Gasteiger partial charge in [0.05, 0.1) is 13.2 Å². The van der Waals surface area contributed by atoms with Gasteiger partial charge in [-0.3, -0.25) is 9.79 Å². The summed E-state index contributed by atoms with van der Waals surface area (Å²) in [5.74, 6) is 0.761. The molecule has 6 unspecified atom stereocenters. The second-order valence-electron chi connectivity index (χ2n) is 11.0. The lowest BCUT2D eigenvalue weighted by Gasteiger charge is -2.49. The molecule has 244 valence electrons. The topological polar surface area (TPSA) is 117 Å². The third kappa shape index (κ3) is 7.29. The summed E-state index contributed by atoms with van der Waals surface area (Å²) in [6, 6.07) is 19.3. The number of carbonyl (C=O) groups is 1. The number of rotatable bonds is 10. The van der Waals surface area contributed by atoms with Crippen LogP contribution in [0.4, 0.5) is 13.2 Å². The van der Waals surface area contributed by atoms with Crippen LogP contribution in [0.2, 0.25) is 0 Å². The number of aliphatic imine (C=N–C) groups is 1. The molecule has 46 heavy (non-hydrogen) atoms. The van der Waals surface area contributed by atoms with Crippen LogP contribution in [-0.4, -0.2) is 87.1 Å². The Morgan fingerprint density at radius 2 is 1.70 bits per heavy atom. The largest absolute Gasteiger partial charge is 0.376 e. The summed E-state index contributed by atoms with van der Waals surface area (Å²) in [5, 5.41) is 3.63. The van der Waals surface area contributed by atoms with E-state index in [9.17, 15) is 18.0 Å². The predicted octanol–water partition coefficient (Wildman–Crippen LogP) is 3.78. The van der Waals surface area contributed by atoms with Crippen LogP contribution >= 0.6 is 0 Å². The third-order valence-corrected chi connectivity index (χ3v) is 7.77. The maximum Gasteiger partial charge on any atom is 0.254 e. The lowest BCUT2D eigenvalue weighted by Crippen LogP contribution is -2.65. The zero-order chi connectivity index (χ0) is 32.8. The van der Waals surface area contributed by atoms with Gasteiger partial charge in [-0.1, -0.05) is 60.7 Å². The minimum Gasteiger partial charge on any atom is -0.376 e. The van der Waals surface area contributed by atoms with E-state index in [-0.39, 0.29) is 30.4 Å². The fourth-order valence-corrected chi connectivity index (χ4v) is 5.46. The summed E-state index contributed by atoms with van der Waals surface area (Å²) in [6.07, 6.45) is -4.13. The Morgan fingerprint density at radius 3 is 2.30 bits per heavy atom. The molecule has 0 aromatic heterocycles. The molecule has 2 aliphatic rings. The van der Waals surface area contributed by atoms with Crippen LogP contribution in [0.15, 0.2) is 82.9 Å². The Kier molecular flexibility index (Phi) is 10.8. The molecule has 0 spiro atoms. The van der Waals surface area contributed by atoms with Gasteiger partial charge in [-0.05, 0) is 17.7 Å². The predicted molar refractivity (Wildman–Crippen MR) is 162 cm³/mol. The van der Waals surface area contributed by atoms with E-state index in [1.807, 2.05) is 60.7 Å². The Bertz CT molecular complexity index is 1520. The van der Waals surface area contributed by atoms with Crippen LogP contribution in [-0.2, 0) is 35.1 Å². The first-order valence-electron chi connectivity index (χ1n) is 14.5. The van der Waals surface area contributed by atoms with Crippen molar-refractivity contribution in [1.82, 2.24) is 4.90 Å². The van der Waals surface area contributed by atoms with E-state index in [1.165, 1.54) is 18.2 Å². The van der Waals surface area contributed by atoms with Crippen molar-refractivity contribution in [1.29, 1.82) is 0 Å². The summed E-state index contributed by atoms with van der Waals surface area (Å²) < 4.78 is 72.9. The molecule has 0 aliphatic carbocycles. The minimum absolute atomic E-state index is 0.0803. The van der Waals surface area contributed by atoms with Crippen LogP contribution in [0, 0.1) is 17.5 Å². The molecule has 3 aromatic rings. The molecule has 2 heterocycles. The van der Waals surface area contributed by atoms with E-state index < -0.39 is 60.3 Å². The number of carbonyl (C=O) groups excluding carboxylic acids is 1. The normalized spacial score (nSPS) is 25.7. The highest BCUT2D eigenvalue weighted by Crippen LogP contribution is 2.38. The molecular formula is C33H35F3N4O6. The molecular weight excluding hydrogens is 605 g/mol. The van der Waals surface area contributed by atoms with Gasteiger partial charge in [0.2, 0.25) is 0 Å². The van der Waals surface area contributed by atoms with Crippen molar-refractivity contribution in [3.63, 3.8) is 0 Å². The zero-order valence-corrected chi connectivity index (χ0v) is 25.5. The van der Waals surface area contributed by atoms with Crippen LogP contribution in [0.5, 0.6) is 0 Å². The molecule has 0 saturated carbocycles. The molecule has 2 saturated heterocycles. The van der Waals surface area contributed by atoms with Crippen LogP contribution in [0.25, 0.3) is 0 Å². The highest BCUT2D eigenvalue weighted by molar-refractivity contribution is 6.38. The second-order valence-corrected chi connectivity index (χ2v) is 11.0. The molecule has 1 amide bonds. The minimum atomic E-state index is -1.62. The van der Waals surface area contributed by atoms with Gasteiger partial charge in [0, 0.05) is 38.5 Å². The summed E-state index contributed by atoms with van der Waals surface area (Å²) in [6.45, 7) is 0.190. The molecule has 2 fully saturated rings.